The lowest BCUT2D eigenvalue weighted by atomic mass is 10.1. The Morgan fingerprint density at radius 3 is 2.71 bits per heavy atom. The predicted octanol–water partition coefficient (Wildman–Crippen LogP) is 3.12. The summed E-state index contributed by atoms with van der Waals surface area (Å²) in [5.41, 5.74) is 0.356. The highest BCUT2D eigenvalue weighted by molar-refractivity contribution is 5.61. The SMILES string of the molecule is CCCNc1nc(C)c([N+](=O)[O-])c(NC(C)CC2CC2)n1. The average Bonchev–Trinajstić information content (AvgIpc) is 3.19. The summed E-state index contributed by atoms with van der Waals surface area (Å²) in [5.74, 6) is 1.52. The van der Waals surface area contributed by atoms with Crippen LogP contribution in [0.4, 0.5) is 17.5 Å². The zero-order valence-electron chi connectivity index (χ0n) is 12.8. The molecular weight excluding hydrogens is 270 g/mol. The molecule has 7 nitrogen and oxygen atoms in total. The maximum absolute atomic E-state index is 11.2. The third-order valence-electron chi connectivity index (χ3n) is 3.54. The molecule has 0 saturated heterocycles. The summed E-state index contributed by atoms with van der Waals surface area (Å²) in [7, 11) is 0. The second kappa shape index (κ2) is 6.69. The van der Waals surface area contributed by atoms with Crippen LogP contribution in [0.25, 0.3) is 0 Å². The first-order chi connectivity index (χ1) is 10.0. The molecule has 1 aliphatic rings. The minimum Gasteiger partial charge on any atom is -0.362 e. The highest BCUT2D eigenvalue weighted by atomic mass is 16.6. The van der Waals surface area contributed by atoms with Gasteiger partial charge in [-0.3, -0.25) is 10.1 Å². The fraction of sp³-hybridized carbons (Fsp3) is 0.714. The van der Waals surface area contributed by atoms with Gasteiger partial charge < -0.3 is 10.6 Å². The molecule has 1 aromatic rings. The molecule has 0 aliphatic heterocycles. The summed E-state index contributed by atoms with van der Waals surface area (Å²) in [6, 6.07) is 0.171. The molecule has 2 rings (SSSR count). The van der Waals surface area contributed by atoms with Gasteiger partial charge in [0, 0.05) is 12.6 Å². The number of aryl methyl sites for hydroxylation is 1. The monoisotopic (exact) mass is 293 g/mol. The fourth-order valence-electron chi connectivity index (χ4n) is 2.35. The van der Waals surface area contributed by atoms with Crippen LogP contribution in [0.15, 0.2) is 0 Å². The van der Waals surface area contributed by atoms with Gasteiger partial charge in [0.25, 0.3) is 0 Å². The first-order valence-corrected chi connectivity index (χ1v) is 7.54. The molecule has 0 amide bonds. The summed E-state index contributed by atoms with van der Waals surface area (Å²) in [6.45, 7) is 6.47. The smallest absolute Gasteiger partial charge is 0.332 e. The minimum atomic E-state index is -0.412. The molecular formula is C14H23N5O2. The number of nitrogens with one attached hydrogen (secondary N) is 2. The molecule has 1 saturated carbocycles. The van der Waals surface area contributed by atoms with Crippen molar-refractivity contribution in [3.05, 3.63) is 15.8 Å². The molecule has 2 N–H and O–H groups in total. The number of rotatable bonds is 8. The van der Waals surface area contributed by atoms with Gasteiger partial charge in [-0.25, -0.2) is 4.98 Å². The summed E-state index contributed by atoms with van der Waals surface area (Å²) < 4.78 is 0. The molecule has 0 spiro atoms. The number of nitro groups is 1. The van der Waals surface area contributed by atoms with Crippen LogP contribution in [-0.4, -0.2) is 27.5 Å². The number of aromatic nitrogens is 2. The first-order valence-electron chi connectivity index (χ1n) is 7.54. The van der Waals surface area contributed by atoms with E-state index in [0.717, 1.165) is 25.3 Å². The van der Waals surface area contributed by atoms with Gasteiger partial charge in [-0.2, -0.15) is 4.98 Å². The van der Waals surface area contributed by atoms with E-state index in [1.165, 1.54) is 12.8 Å². The second-order valence-corrected chi connectivity index (χ2v) is 5.74. The number of anilines is 2. The standard InChI is InChI=1S/C14H23N5O2/c1-4-7-15-14-17-10(3)12(19(20)21)13(18-14)16-9(2)8-11-5-6-11/h9,11H,4-8H2,1-3H3,(H2,15,16,17,18). The average molecular weight is 293 g/mol. The molecule has 1 heterocycles. The molecule has 0 radical (unpaired) electrons. The minimum absolute atomic E-state index is 0.0281. The van der Waals surface area contributed by atoms with Crippen LogP contribution >= 0.6 is 0 Å². The van der Waals surface area contributed by atoms with Crippen molar-refractivity contribution in [2.75, 3.05) is 17.2 Å². The van der Waals surface area contributed by atoms with E-state index in [4.69, 9.17) is 0 Å². The number of hydrogen-bond donors (Lipinski definition) is 2. The first kappa shape index (κ1) is 15.5. The second-order valence-electron chi connectivity index (χ2n) is 5.74. The van der Waals surface area contributed by atoms with Crippen molar-refractivity contribution >= 4 is 17.5 Å². The Morgan fingerprint density at radius 1 is 1.43 bits per heavy atom. The van der Waals surface area contributed by atoms with Gasteiger partial charge in [0.15, 0.2) is 0 Å². The van der Waals surface area contributed by atoms with E-state index >= 15 is 0 Å². The van der Waals surface area contributed by atoms with Crippen molar-refractivity contribution < 1.29 is 4.92 Å². The topological polar surface area (TPSA) is 93.0 Å². The van der Waals surface area contributed by atoms with Crippen molar-refractivity contribution in [2.45, 2.75) is 52.5 Å². The zero-order chi connectivity index (χ0) is 15.4. The molecule has 21 heavy (non-hydrogen) atoms. The third-order valence-corrected chi connectivity index (χ3v) is 3.54. The molecule has 0 aromatic carbocycles. The van der Waals surface area contributed by atoms with Gasteiger partial charge in [0.2, 0.25) is 11.8 Å². The van der Waals surface area contributed by atoms with Crippen molar-refractivity contribution in [1.29, 1.82) is 0 Å². The quantitative estimate of drug-likeness (QED) is 0.565. The van der Waals surface area contributed by atoms with E-state index in [1.54, 1.807) is 6.92 Å². The molecule has 1 fully saturated rings. The van der Waals surface area contributed by atoms with Crippen LogP contribution in [-0.2, 0) is 0 Å². The Morgan fingerprint density at radius 2 is 2.14 bits per heavy atom. The van der Waals surface area contributed by atoms with Gasteiger partial charge in [0.05, 0.1) is 4.92 Å². The van der Waals surface area contributed by atoms with Crippen molar-refractivity contribution in [1.82, 2.24) is 9.97 Å². The van der Waals surface area contributed by atoms with E-state index in [1.807, 2.05) is 13.8 Å². The zero-order valence-corrected chi connectivity index (χ0v) is 12.8. The lowest BCUT2D eigenvalue weighted by Crippen LogP contribution is -2.19. The van der Waals surface area contributed by atoms with Crippen molar-refractivity contribution in [3.63, 3.8) is 0 Å². The number of nitrogens with zero attached hydrogens (tertiary/aromatic N) is 3. The van der Waals surface area contributed by atoms with Crippen LogP contribution in [0.3, 0.4) is 0 Å². The molecule has 1 aliphatic carbocycles. The summed E-state index contributed by atoms with van der Waals surface area (Å²) in [4.78, 5) is 19.3. The normalized spacial score (nSPS) is 15.6. The van der Waals surface area contributed by atoms with Crippen LogP contribution in [0.1, 0.15) is 45.2 Å². The number of hydrogen-bond acceptors (Lipinski definition) is 6. The Bertz CT molecular complexity index is 516. The van der Waals surface area contributed by atoms with Crippen LogP contribution in [0.2, 0.25) is 0 Å². The van der Waals surface area contributed by atoms with Gasteiger partial charge in [0.1, 0.15) is 5.69 Å². The maximum Gasteiger partial charge on any atom is 0.332 e. The Kier molecular flexibility index (Phi) is 4.93. The molecule has 1 unspecified atom stereocenters. The highest BCUT2D eigenvalue weighted by Gasteiger charge is 2.27. The van der Waals surface area contributed by atoms with Crippen LogP contribution in [0, 0.1) is 23.0 Å². The summed E-state index contributed by atoms with van der Waals surface area (Å²) in [6.07, 6.45) is 4.50. The van der Waals surface area contributed by atoms with E-state index in [2.05, 4.69) is 20.6 Å². The Hall–Kier alpha value is -1.92. The molecule has 1 atom stereocenters. The van der Waals surface area contributed by atoms with Gasteiger partial charge >= 0.3 is 5.69 Å². The molecule has 0 bridgehead atoms. The Labute approximate surface area is 124 Å². The molecule has 116 valence electrons. The van der Waals surface area contributed by atoms with Crippen LogP contribution < -0.4 is 10.6 Å². The fourth-order valence-corrected chi connectivity index (χ4v) is 2.35. The largest absolute Gasteiger partial charge is 0.362 e. The maximum atomic E-state index is 11.2. The Balaban J connectivity index is 2.20. The molecule has 7 heteroatoms. The van der Waals surface area contributed by atoms with E-state index in [-0.39, 0.29) is 11.7 Å². The third kappa shape index (κ3) is 4.27. The van der Waals surface area contributed by atoms with Gasteiger partial charge in [-0.1, -0.05) is 19.8 Å². The summed E-state index contributed by atoms with van der Waals surface area (Å²) in [5, 5.41) is 17.5. The van der Waals surface area contributed by atoms with Gasteiger partial charge in [-0.15, -0.1) is 0 Å². The van der Waals surface area contributed by atoms with Gasteiger partial charge in [-0.05, 0) is 32.6 Å². The van der Waals surface area contributed by atoms with Crippen molar-refractivity contribution in [3.8, 4) is 0 Å². The highest BCUT2D eigenvalue weighted by Crippen LogP contribution is 2.35. The molecule has 1 aromatic heterocycles. The van der Waals surface area contributed by atoms with Crippen molar-refractivity contribution in [2.24, 2.45) is 5.92 Å². The predicted molar refractivity (Wildman–Crippen MR) is 82.6 cm³/mol. The van der Waals surface area contributed by atoms with Crippen LogP contribution in [0.5, 0.6) is 0 Å². The van der Waals surface area contributed by atoms with E-state index in [0.29, 0.717) is 17.5 Å². The van der Waals surface area contributed by atoms with E-state index in [9.17, 15) is 10.1 Å². The lowest BCUT2D eigenvalue weighted by molar-refractivity contribution is -0.385. The lowest BCUT2D eigenvalue weighted by Gasteiger charge is -2.15. The summed E-state index contributed by atoms with van der Waals surface area (Å²) >= 11 is 0. The van der Waals surface area contributed by atoms with E-state index < -0.39 is 4.92 Å².